The Labute approximate surface area is 68.4 Å². The van der Waals surface area contributed by atoms with Crippen LogP contribution in [0.1, 0.15) is 26.2 Å². The van der Waals surface area contributed by atoms with Gasteiger partial charge in [0.15, 0.2) is 0 Å². The zero-order valence-electron chi connectivity index (χ0n) is 6.65. The summed E-state index contributed by atoms with van der Waals surface area (Å²) in [6.45, 7) is 4.84. The summed E-state index contributed by atoms with van der Waals surface area (Å²) in [5.41, 5.74) is 0. The second kappa shape index (κ2) is 4.20. The van der Waals surface area contributed by atoms with Crippen molar-refractivity contribution < 1.29 is 0 Å². The van der Waals surface area contributed by atoms with E-state index >= 15 is 0 Å². The van der Waals surface area contributed by atoms with Gasteiger partial charge in [0.25, 0.3) is 0 Å². The highest BCUT2D eigenvalue weighted by Gasteiger charge is 2.34. The first kappa shape index (κ1) is 8.35. The van der Waals surface area contributed by atoms with E-state index in [1.54, 1.807) is 0 Å². The first-order valence-electron chi connectivity index (χ1n) is 4.18. The monoisotopic (exact) mass is 161 g/mol. The molecule has 2 saturated heterocycles. The molecule has 2 heteroatoms. The average molecular weight is 162 g/mol. The van der Waals surface area contributed by atoms with Gasteiger partial charge in [0.2, 0.25) is 0 Å². The van der Waals surface area contributed by atoms with Gasteiger partial charge < -0.3 is 4.90 Å². The van der Waals surface area contributed by atoms with Crippen LogP contribution in [0.4, 0.5) is 0 Å². The fraction of sp³-hybridized carbons (Fsp3) is 1.00. The third-order valence-electron chi connectivity index (χ3n) is 2.20. The summed E-state index contributed by atoms with van der Waals surface area (Å²) in [4.78, 5) is 2.53. The smallest absolute Gasteiger partial charge is 0.0220 e. The van der Waals surface area contributed by atoms with Crippen LogP contribution in [0, 0.1) is 0 Å². The number of rotatable bonds is 1. The molecular weight excluding hydrogens is 146 g/mol. The Kier molecular flexibility index (Phi) is 3.50. The molecule has 0 aromatic rings. The molecule has 0 saturated carbocycles. The summed E-state index contributed by atoms with van der Waals surface area (Å²) in [5, 5.41) is 0. The number of piperidine rings is 1. The molecule has 2 fully saturated rings. The normalized spacial score (nSPS) is 23.4. The molecule has 60 valence electrons. The van der Waals surface area contributed by atoms with Crippen molar-refractivity contribution in [3.63, 3.8) is 0 Å². The van der Waals surface area contributed by atoms with Crippen molar-refractivity contribution >= 4 is 11.6 Å². The van der Waals surface area contributed by atoms with E-state index in [9.17, 15) is 0 Å². The molecule has 0 amide bonds. The van der Waals surface area contributed by atoms with Crippen molar-refractivity contribution in [3.05, 3.63) is 0 Å². The number of hydrogen-bond acceptors (Lipinski definition) is 1. The number of fused-ring (bicyclic) bond motifs is 1. The number of hydrogen-bond donors (Lipinski definition) is 0. The predicted octanol–water partition coefficient (Wildman–Crippen LogP) is 2.10. The van der Waals surface area contributed by atoms with Crippen LogP contribution in [0.3, 0.4) is 0 Å². The summed E-state index contributed by atoms with van der Waals surface area (Å²) >= 11 is 5.19. The van der Waals surface area contributed by atoms with Crippen molar-refractivity contribution in [2.45, 2.75) is 32.2 Å². The molecule has 0 N–H and O–H groups in total. The Hall–Kier alpha value is 0.250. The Morgan fingerprint density at radius 3 is 1.80 bits per heavy atom. The van der Waals surface area contributed by atoms with Crippen molar-refractivity contribution in [1.29, 1.82) is 0 Å². The van der Waals surface area contributed by atoms with Crippen LogP contribution in [0.2, 0.25) is 0 Å². The van der Waals surface area contributed by atoms with E-state index in [1.807, 2.05) is 6.92 Å². The summed E-state index contributed by atoms with van der Waals surface area (Å²) in [6.07, 6.45) is 4.06. The van der Waals surface area contributed by atoms with Crippen LogP contribution in [-0.4, -0.2) is 29.9 Å². The highest BCUT2D eigenvalue weighted by atomic mass is 35.5. The van der Waals surface area contributed by atoms with Gasteiger partial charge in [0.05, 0.1) is 0 Å². The Morgan fingerprint density at radius 1 is 1.40 bits per heavy atom. The predicted molar refractivity (Wildman–Crippen MR) is 45.6 cm³/mol. The van der Waals surface area contributed by atoms with Crippen LogP contribution in [-0.2, 0) is 0 Å². The summed E-state index contributed by atoms with van der Waals surface area (Å²) in [5.74, 6) is 0.792. The standard InChI is InChI=1S/C5H9N.C3H7Cl/c1-3-6-4-2-5(1)6;1-2-3-4/h5H,1-4H2;2-3H2,1H3. The lowest BCUT2D eigenvalue weighted by Crippen LogP contribution is -2.57. The summed E-state index contributed by atoms with van der Waals surface area (Å²) in [6, 6.07) is 1.05. The first-order chi connectivity index (χ1) is 4.88. The lowest BCUT2D eigenvalue weighted by atomic mass is 9.91. The maximum Gasteiger partial charge on any atom is 0.0220 e. The van der Waals surface area contributed by atoms with E-state index in [0.717, 1.165) is 18.3 Å². The number of nitrogens with zero attached hydrogens (tertiary/aromatic N) is 1. The molecule has 0 bridgehead atoms. The average Bonchev–Trinajstić information content (AvgIpc) is 1.97. The fourth-order valence-corrected chi connectivity index (χ4v) is 1.24. The van der Waals surface area contributed by atoms with Gasteiger partial charge in [0.1, 0.15) is 0 Å². The molecule has 2 aliphatic rings. The highest BCUT2D eigenvalue weighted by molar-refractivity contribution is 6.17. The van der Waals surface area contributed by atoms with E-state index < -0.39 is 0 Å². The van der Waals surface area contributed by atoms with Crippen LogP contribution in [0.5, 0.6) is 0 Å². The molecule has 1 nitrogen and oxygen atoms in total. The van der Waals surface area contributed by atoms with Gasteiger partial charge in [0, 0.05) is 11.9 Å². The molecule has 0 spiro atoms. The molecule has 0 atom stereocenters. The third-order valence-corrected chi connectivity index (χ3v) is 2.58. The van der Waals surface area contributed by atoms with E-state index in [1.165, 1.54) is 25.9 Å². The zero-order chi connectivity index (χ0) is 7.40. The molecular formula is C8H16ClN. The molecule has 0 aliphatic carbocycles. The van der Waals surface area contributed by atoms with Crippen molar-refractivity contribution in [2.75, 3.05) is 19.0 Å². The third kappa shape index (κ3) is 1.86. The minimum absolute atomic E-state index is 0.792. The second-order valence-electron chi connectivity index (χ2n) is 2.96. The van der Waals surface area contributed by atoms with Gasteiger partial charge in [-0.05, 0) is 32.4 Å². The Morgan fingerprint density at radius 2 is 1.80 bits per heavy atom. The Balaban J connectivity index is 0.000000112. The molecule has 0 radical (unpaired) electrons. The number of halogens is 1. The van der Waals surface area contributed by atoms with E-state index in [0.29, 0.717) is 0 Å². The van der Waals surface area contributed by atoms with Gasteiger partial charge >= 0.3 is 0 Å². The van der Waals surface area contributed by atoms with Gasteiger partial charge in [-0.2, -0.15) is 0 Å². The van der Waals surface area contributed by atoms with Crippen molar-refractivity contribution in [3.8, 4) is 0 Å². The van der Waals surface area contributed by atoms with E-state index in [2.05, 4.69) is 4.90 Å². The number of alkyl halides is 1. The van der Waals surface area contributed by atoms with Gasteiger partial charge in [-0.3, -0.25) is 0 Å². The van der Waals surface area contributed by atoms with Crippen molar-refractivity contribution in [2.24, 2.45) is 0 Å². The minimum atomic E-state index is 0.792. The van der Waals surface area contributed by atoms with Crippen LogP contribution >= 0.6 is 11.6 Å². The van der Waals surface area contributed by atoms with E-state index in [4.69, 9.17) is 11.6 Å². The van der Waals surface area contributed by atoms with Gasteiger partial charge in [-0.25, -0.2) is 0 Å². The first-order valence-corrected chi connectivity index (χ1v) is 4.72. The Bertz CT molecular complexity index is 75.3. The summed E-state index contributed by atoms with van der Waals surface area (Å²) in [7, 11) is 0. The molecule has 0 aromatic heterocycles. The summed E-state index contributed by atoms with van der Waals surface area (Å²) < 4.78 is 0. The molecule has 2 rings (SSSR count). The second-order valence-corrected chi connectivity index (χ2v) is 3.33. The van der Waals surface area contributed by atoms with Crippen LogP contribution in [0.25, 0.3) is 0 Å². The minimum Gasteiger partial charge on any atom is -0.300 e. The zero-order valence-corrected chi connectivity index (χ0v) is 7.40. The largest absolute Gasteiger partial charge is 0.300 e. The van der Waals surface area contributed by atoms with Gasteiger partial charge in [-0.15, -0.1) is 11.6 Å². The molecule has 10 heavy (non-hydrogen) atoms. The van der Waals surface area contributed by atoms with Crippen molar-refractivity contribution in [1.82, 2.24) is 4.90 Å². The maximum absolute atomic E-state index is 5.19. The molecule has 0 aromatic carbocycles. The van der Waals surface area contributed by atoms with E-state index in [-0.39, 0.29) is 0 Å². The van der Waals surface area contributed by atoms with Crippen LogP contribution in [0.15, 0.2) is 0 Å². The highest BCUT2D eigenvalue weighted by Crippen LogP contribution is 2.28. The maximum atomic E-state index is 5.19. The lowest BCUT2D eigenvalue weighted by Gasteiger charge is -2.50. The molecule has 0 unspecified atom stereocenters. The fourth-order valence-electron chi connectivity index (χ4n) is 1.24. The van der Waals surface area contributed by atoms with Gasteiger partial charge in [-0.1, -0.05) is 6.92 Å². The molecule has 2 aliphatic heterocycles. The topological polar surface area (TPSA) is 3.24 Å². The SMILES string of the molecule is C1CN2CCC12.CCCCl. The molecule has 2 heterocycles. The quantitative estimate of drug-likeness (QED) is 0.533. The van der Waals surface area contributed by atoms with Crippen LogP contribution < -0.4 is 0 Å². The lowest BCUT2D eigenvalue weighted by molar-refractivity contribution is -0.00222.